The van der Waals surface area contributed by atoms with Crippen molar-refractivity contribution in [3.05, 3.63) is 0 Å². The zero-order chi connectivity index (χ0) is 6.97. The molecule has 0 spiro atoms. The van der Waals surface area contributed by atoms with Crippen LogP contribution in [-0.4, -0.2) is 23.9 Å². The molecule has 0 aromatic carbocycles. The van der Waals surface area contributed by atoms with Gasteiger partial charge in [0.25, 0.3) is 0 Å². The molecule has 0 bridgehead atoms. The molecule has 1 saturated carbocycles. The smallest absolute Gasteiger partial charge is 0.0842 e. The third kappa shape index (κ3) is 1.18. The maximum Gasteiger partial charge on any atom is 0.0842 e. The summed E-state index contributed by atoms with van der Waals surface area (Å²) in [6.45, 7) is 0.374. The van der Waals surface area contributed by atoms with Gasteiger partial charge < -0.3 is 9.84 Å². The Bertz CT molecular complexity index is 112. The van der Waals surface area contributed by atoms with Gasteiger partial charge in [-0.2, -0.15) is 0 Å². The van der Waals surface area contributed by atoms with Gasteiger partial charge in [-0.1, -0.05) is 0 Å². The molecule has 0 aromatic heterocycles. The number of hydrogen-bond acceptors (Lipinski definition) is 2. The zero-order valence-electron chi connectivity index (χ0n) is 6.12. The lowest BCUT2D eigenvalue weighted by Gasteiger charge is -2.09. The summed E-state index contributed by atoms with van der Waals surface area (Å²) in [6, 6.07) is 0. The van der Waals surface area contributed by atoms with Crippen LogP contribution < -0.4 is 0 Å². The maximum absolute atomic E-state index is 8.88. The molecule has 2 unspecified atom stereocenters. The Morgan fingerprint density at radius 3 is 2.20 bits per heavy atom. The topological polar surface area (TPSA) is 32.8 Å². The molecule has 2 nitrogen and oxygen atoms in total. The Kier molecular flexibility index (Phi) is 1.66. The number of aliphatic hydroxyl groups excluding tert-OH is 1. The Morgan fingerprint density at radius 2 is 1.70 bits per heavy atom. The van der Waals surface area contributed by atoms with Crippen LogP contribution >= 0.6 is 0 Å². The third-order valence-electron chi connectivity index (χ3n) is 2.66. The molecule has 1 N–H and O–H groups in total. The molecule has 2 heteroatoms. The van der Waals surface area contributed by atoms with Crippen molar-refractivity contribution in [1.82, 2.24) is 0 Å². The van der Waals surface area contributed by atoms with E-state index in [1.54, 1.807) is 0 Å². The average molecular weight is 142 g/mol. The summed E-state index contributed by atoms with van der Waals surface area (Å²) in [4.78, 5) is 0. The first-order chi connectivity index (χ1) is 4.90. The van der Waals surface area contributed by atoms with E-state index in [1.165, 1.54) is 12.8 Å². The molecular formula is C8H14O2. The molecule has 0 radical (unpaired) electrons. The van der Waals surface area contributed by atoms with Crippen molar-refractivity contribution < 1.29 is 9.84 Å². The van der Waals surface area contributed by atoms with Crippen LogP contribution in [0.4, 0.5) is 0 Å². The van der Waals surface area contributed by atoms with Gasteiger partial charge in [0.15, 0.2) is 0 Å². The van der Waals surface area contributed by atoms with E-state index in [0.717, 1.165) is 12.8 Å². The first kappa shape index (κ1) is 6.62. The van der Waals surface area contributed by atoms with Crippen LogP contribution in [0.1, 0.15) is 25.7 Å². The van der Waals surface area contributed by atoms with E-state index in [0.29, 0.717) is 24.7 Å². The van der Waals surface area contributed by atoms with E-state index in [4.69, 9.17) is 9.84 Å². The minimum atomic E-state index is 0.374. The van der Waals surface area contributed by atoms with Crippen LogP contribution in [0.3, 0.4) is 0 Å². The third-order valence-corrected chi connectivity index (χ3v) is 2.66. The van der Waals surface area contributed by atoms with Gasteiger partial charge in [0, 0.05) is 6.61 Å². The molecule has 2 aliphatic rings. The highest BCUT2D eigenvalue weighted by Crippen LogP contribution is 2.36. The van der Waals surface area contributed by atoms with Gasteiger partial charge in [0.2, 0.25) is 0 Å². The Balaban J connectivity index is 1.84. The molecule has 58 valence electrons. The monoisotopic (exact) mass is 142 g/mol. The summed E-state index contributed by atoms with van der Waals surface area (Å²) < 4.78 is 5.37. The highest BCUT2D eigenvalue weighted by atomic mass is 16.6. The van der Waals surface area contributed by atoms with Crippen LogP contribution in [0, 0.1) is 5.92 Å². The molecule has 10 heavy (non-hydrogen) atoms. The second-order valence-electron chi connectivity index (χ2n) is 3.42. The molecular weight excluding hydrogens is 128 g/mol. The van der Waals surface area contributed by atoms with Gasteiger partial charge in [0.05, 0.1) is 12.2 Å². The molecule has 1 aliphatic carbocycles. The predicted molar refractivity (Wildman–Crippen MR) is 37.7 cm³/mol. The lowest BCUT2D eigenvalue weighted by Crippen LogP contribution is -2.05. The van der Waals surface area contributed by atoms with Gasteiger partial charge in [-0.05, 0) is 31.6 Å². The fourth-order valence-corrected chi connectivity index (χ4v) is 1.81. The van der Waals surface area contributed by atoms with Crippen molar-refractivity contribution in [3.8, 4) is 0 Å². The molecule has 0 aromatic rings. The standard InChI is InChI=1S/C8H14O2/c9-5-6-1-3-7-8(10-7)4-2-6/h6-9H,1-5H2. The Morgan fingerprint density at radius 1 is 1.10 bits per heavy atom. The maximum atomic E-state index is 8.88. The Hall–Kier alpha value is -0.0800. The highest BCUT2D eigenvalue weighted by Gasteiger charge is 2.40. The lowest BCUT2D eigenvalue weighted by atomic mass is 10.0. The number of hydrogen-bond donors (Lipinski definition) is 1. The number of rotatable bonds is 1. The van der Waals surface area contributed by atoms with Crippen molar-refractivity contribution in [2.75, 3.05) is 6.61 Å². The molecule has 2 atom stereocenters. The summed E-state index contributed by atoms with van der Waals surface area (Å²) in [6.07, 6.45) is 5.81. The van der Waals surface area contributed by atoms with E-state index in [1.807, 2.05) is 0 Å². The number of fused-ring (bicyclic) bond motifs is 1. The highest BCUT2D eigenvalue weighted by molar-refractivity contribution is 4.88. The molecule has 1 aliphatic heterocycles. The van der Waals surface area contributed by atoms with Gasteiger partial charge >= 0.3 is 0 Å². The van der Waals surface area contributed by atoms with Crippen molar-refractivity contribution in [2.45, 2.75) is 37.9 Å². The van der Waals surface area contributed by atoms with Crippen LogP contribution in [0.25, 0.3) is 0 Å². The zero-order valence-corrected chi connectivity index (χ0v) is 6.12. The van der Waals surface area contributed by atoms with Crippen molar-refractivity contribution in [3.63, 3.8) is 0 Å². The van der Waals surface area contributed by atoms with Gasteiger partial charge in [-0.25, -0.2) is 0 Å². The summed E-state index contributed by atoms with van der Waals surface area (Å²) in [7, 11) is 0. The number of aliphatic hydroxyl groups is 1. The molecule has 1 heterocycles. The second-order valence-corrected chi connectivity index (χ2v) is 3.42. The normalized spacial score (nSPS) is 45.9. The predicted octanol–water partition coefficient (Wildman–Crippen LogP) is 0.936. The van der Waals surface area contributed by atoms with Gasteiger partial charge in [-0.3, -0.25) is 0 Å². The van der Waals surface area contributed by atoms with E-state index in [2.05, 4.69) is 0 Å². The van der Waals surface area contributed by atoms with Crippen molar-refractivity contribution >= 4 is 0 Å². The van der Waals surface area contributed by atoms with E-state index >= 15 is 0 Å². The van der Waals surface area contributed by atoms with E-state index in [9.17, 15) is 0 Å². The summed E-state index contributed by atoms with van der Waals surface area (Å²) >= 11 is 0. The minimum Gasteiger partial charge on any atom is -0.396 e. The van der Waals surface area contributed by atoms with Crippen LogP contribution in [-0.2, 0) is 4.74 Å². The molecule has 2 fully saturated rings. The van der Waals surface area contributed by atoms with Gasteiger partial charge in [0.1, 0.15) is 0 Å². The summed E-state index contributed by atoms with van der Waals surface area (Å²) in [5.74, 6) is 0.566. The average Bonchev–Trinajstić information content (AvgIpc) is 2.63. The quantitative estimate of drug-likeness (QED) is 0.552. The first-order valence-corrected chi connectivity index (χ1v) is 4.16. The largest absolute Gasteiger partial charge is 0.396 e. The van der Waals surface area contributed by atoms with E-state index in [-0.39, 0.29) is 0 Å². The summed E-state index contributed by atoms with van der Waals surface area (Å²) in [5, 5.41) is 8.88. The summed E-state index contributed by atoms with van der Waals surface area (Å²) in [5.41, 5.74) is 0. The van der Waals surface area contributed by atoms with E-state index < -0.39 is 0 Å². The van der Waals surface area contributed by atoms with Crippen LogP contribution in [0.15, 0.2) is 0 Å². The van der Waals surface area contributed by atoms with Gasteiger partial charge in [-0.15, -0.1) is 0 Å². The molecule has 1 saturated heterocycles. The molecule has 2 rings (SSSR count). The lowest BCUT2D eigenvalue weighted by molar-refractivity contribution is 0.195. The number of ether oxygens (including phenoxy) is 1. The van der Waals surface area contributed by atoms with Crippen LogP contribution in [0.2, 0.25) is 0 Å². The molecule has 0 amide bonds. The van der Waals surface area contributed by atoms with Crippen molar-refractivity contribution in [2.24, 2.45) is 5.92 Å². The van der Waals surface area contributed by atoms with Crippen molar-refractivity contribution in [1.29, 1.82) is 0 Å². The fraction of sp³-hybridized carbons (Fsp3) is 1.00. The van der Waals surface area contributed by atoms with Crippen LogP contribution in [0.5, 0.6) is 0 Å². The number of epoxide rings is 1. The minimum absolute atomic E-state index is 0.374. The fourth-order valence-electron chi connectivity index (χ4n) is 1.81. The first-order valence-electron chi connectivity index (χ1n) is 4.16. The second kappa shape index (κ2) is 2.51. The SMILES string of the molecule is OCC1CCC2OC2CC1. The Labute approximate surface area is 61.2 Å².